The van der Waals surface area contributed by atoms with Crippen LogP contribution in [0.2, 0.25) is 0 Å². The monoisotopic (exact) mass is 241 g/mol. The van der Waals surface area contributed by atoms with Crippen LogP contribution in [0.3, 0.4) is 0 Å². The van der Waals surface area contributed by atoms with Crippen LogP contribution in [0.25, 0.3) is 10.9 Å². The van der Waals surface area contributed by atoms with E-state index in [9.17, 15) is 4.79 Å². The second-order valence-electron chi connectivity index (χ2n) is 4.26. The molecule has 0 aliphatic carbocycles. The molecule has 1 N–H and O–H groups in total. The number of fused-ring (bicyclic) bond motifs is 1. The Morgan fingerprint density at radius 3 is 2.72 bits per heavy atom. The number of benzene rings is 1. The third-order valence-electron chi connectivity index (χ3n) is 3.30. The second kappa shape index (κ2) is 4.58. The molecule has 0 fully saturated rings. The molecule has 2 aromatic rings. The van der Waals surface area contributed by atoms with E-state index in [2.05, 4.69) is 16.4 Å². The van der Waals surface area contributed by atoms with Crippen molar-refractivity contribution < 1.29 is 9.90 Å². The number of aromatic nitrogens is 1. The minimum absolute atomic E-state index is 0.323. The Kier molecular flexibility index (Phi) is 3.12. The van der Waals surface area contributed by atoms with Crippen LogP contribution < -0.4 is 0 Å². The molecular weight excluding hydrogens is 226 g/mol. The van der Waals surface area contributed by atoms with Gasteiger partial charge in [-0.25, -0.2) is 4.79 Å². The Hall–Kier alpha value is -2.21. The molecule has 0 saturated carbocycles. The van der Waals surface area contributed by atoms with Crippen molar-refractivity contribution in [2.45, 2.75) is 27.3 Å². The first-order valence-electron chi connectivity index (χ1n) is 5.78. The summed E-state index contributed by atoms with van der Waals surface area (Å²) in [5.41, 5.74) is 3.61. The Labute approximate surface area is 106 Å². The number of hydrogen-bond donors (Lipinski definition) is 1. The number of carboxylic acid groups (broad SMARTS) is 1. The highest BCUT2D eigenvalue weighted by Crippen LogP contribution is 2.26. The lowest BCUT2D eigenvalue weighted by Crippen LogP contribution is -1.99. The molecule has 0 saturated heterocycles. The maximum absolute atomic E-state index is 11.0. The van der Waals surface area contributed by atoms with E-state index in [0.717, 1.165) is 22.2 Å². The summed E-state index contributed by atoms with van der Waals surface area (Å²) in [7, 11) is 0. The van der Waals surface area contributed by atoms with Gasteiger partial charge in [0.15, 0.2) is 0 Å². The summed E-state index contributed by atoms with van der Waals surface area (Å²) in [5.74, 6) is 5.03. The number of carboxylic acids is 1. The number of hydrogen-bond acceptors (Lipinski definition) is 1. The van der Waals surface area contributed by atoms with E-state index < -0.39 is 5.97 Å². The van der Waals surface area contributed by atoms with Crippen LogP contribution in [-0.2, 0) is 6.54 Å². The van der Waals surface area contributed by atoms with E-state index in [4.69, 9.17) is 5.11 Å². The molecule has 3 heteroatoms. The van der Waals surface area contributed by atoms with E-state index in [0.29, 0.717) is 12.1 Å². The zero-order valence-electron chi connectivity index (χ0n) is 10.7. The van der Waals surface area contributed by atoms with Crippen molar-refractivity contribution in [1.82, 2.24) is 4.57 Å². The molecule has 0 aliphatic heterocycles. The molecule has 0 spiro atoms. The first-order chi connectivity index (χ1) is 8.56. The number of nitrogens with zero attached hydrogens (tertiary/aromatic N) is 1. The molecule has 0 atom stereocenters. The summed E-state index contributed by atoms with van der Waals surface area (Å²) in [6.45, 7) is 6.50. The minimum atomic E-state index is -0.893. The average molecular weight is 241 g/mol. The van der Waals surface area contributed by atoms with Crippen molar-refractivity contribution in [2.24, 2.45) is 0 Å². The van der Waals surface area contributed by atoms with Gasteiger partial charge < -0.3 is 9.67 Å². The first-order valence-corrected chi connectivity index (χ1v) is 5.78. The van der Waals surface area contributed by atoms with Crippen LogP contribution in [0.15, 0.2) is 18.2 Å². The van der Waals surface area contributed by atoms with Crippen LogP contribution in [0.4, 0.5) is 0 Å². The molecule has 3 nitrogen and oxygen atoms in total. The van der Waals surface area contributed by atoms with Gasteiger partial charge in [-0.3, -0.25) is 0 Å². The summed E-state index contributed by atoms with van der Waals surface area (Å²) < 4.78 is 2.12. The zero-order chi connectivity index (χ0) is 13.3. The third-order valence-corrected chi connectivity index (χ3v) is 3.30. The molecule has 0 bridgehead atoms. The molecule has 1 aromatic heterocycles. The van der Waals surface area contributed by atoms with Crippen LogP contribution in [-0.4, -0.2) is 15.6 Å². The van der Waals surface area contributed by atoms with Gasteiger partial charge in [0.1, 0.15) is 0 Å². The largest absolute Gasteiger partial charge is 0.478 e. The molecule has 92 valence electrons. The van der Waals surface area contributed by atoms with E-state index in [-0.39, 0.29) is 0 Å². The molecule has 0 radical (unpaired) electrons. The normalized spacial score (nSPS) is 10.2. The fourth-order valence-corrected chi connectivity index (χ4v) is 2.14. The van der Waals surface area contributed by atoms with Crippen molar-refractivity contribution in [2.75, 3.05) is 0 Å². The van der Waals surface area contributed by atoms with Crippen molar-refractivity contribution in [1.29, 1.82) is 0 Å². The van der Waals surface area contributed by atoms with E-state index in [1.165, 1.54) is 0 Å². The number of carbonyl (C=O) groups is 1. The molecular formula is C15H15NO2. The zero-order valence-corrected chi connectivity index (χ0v) is 10.7. The third kappa shape index (κ3) is 1.86. The quantitative estimate of drug-likeness (QED) is 0.821. The summed E-state index contributed by atoms with van der Waals surface area (Å²) in [4.78, 5) is 11.0. The Morgan fingerprint density at radius 1 is 1.39 bits per heavy atom. The lowest BCUT2D eigenvalue weighted by molar-refractivity contribution is 0.0697. The van der Waals surface area contributed by atoms with Crippen LogP contribution in [0, 0.1) is 25.7 Å². The van der Waals surface area contributed by atoms with E-state index in [1.54, 1.807) is 12.1 Å². The summed E-state index contributed by atoms with van der Waals surface area (Å²) in [5, 5.41) is 10.0. The van der Waals surface area contributed by atoms with Gasteiger partial charge in [-0.1, -0.05) is 5.92 Å². The maximum atomic E-state index is 11.0. The van der Waals surface area contributed by atoms with Crippen LogP contribution >= 0.6 is 0 Å². The number of rotatable bonds is 2. The van der Waals surface area contributed by atoms with Gasteiger partial charge >= 0.3 is 5.97 Å². The van der Waals surface area contributed by atoms with E-state index in [1.807, 2.05) is 26.8 Å². The lowest BCUT2D eigenvalue weighted by atomic mass is 10.1. The Balaban J connectivity index is 2.69. The fourth-order valence-electron chi connectivity index (χ4n) is 2.14. The standard InChI is InChI=1S/C15H15NO2/c1-4-5-8-16-11(3)10(2)13-9-12(15(17)18)6-7-14(13)16/h6-7,9H,8H2,1-3H3,(H,17,18). The molecule has 0 aliphatic rings. The summed E-state index contributed by atoms with van der Waals surface area (Å²) in [6.07, 6.45) is 0. The summed E-state index contributed by atoms with van der Waals surface area (Å²) >= 11 is 0. The highest BCUT2D eigenvalue weighted by atomic mass is 16.4. The highest BCUT2D eigenvalue weighted by molar-refractivity contribution is 5.95. The van der Waals surface area contributed by atoms with Gasteiger partial charge in [-0.15, -0.1) is 5.92 Å². The van der Waals surface area contributed by atoms with Crippen molar-refractivity contribution in [3.8, 4) is 11.8 Å². The van der Waals surface area contributed by atoms with Crippen molar-refractivity contribution in [3.63, 3.8) is 0 Å². The lowest BCUT2D eigenvalue weighted by Gasteiger charge is -2.03. The molecule has 1 heterocycles. The Morgan fingerprint density at radius 2 is 2.11 bits per heavy atom. The minimum Gasteiger partial charge on any atom is -0.478 e. The van der Waals surface area contributed by atoms with Gasteiger partial charge in [-0.2, -0.15) is 0 Å². The predicted octanol–water partition coefficient (Wildman–Crippen LogP) is 2.98. The van der Waals surface area contributed by atoms with Crippen molar-refractivity contribution >= 4 is 16.9 Å². The highest BCUT2D eigenvalue weighted by Gasteiger charge is 2.12. The predicted molar refractivity (Wildman–Crippen MR) is 71.8 cm³/mol. The summed E-state index contributed by atoms with van der Waals surface area (Å²) in [6, 6.07) is 5.23. The Bertz CT molecular complexity index is 684. The van der Waals surface area contributed by atoms with Gasteiger partial charge in [0, 0.05) is 16.6 Å². The van der Waals surface area contributed by atoms with Gasteiger partial charge in [0.2, 0.25) is 0 Å². The van der Waals surface area contributed by atoms with E-state index >= 15 is 0 Å². The van der Waals surface area contributed by atoms with Gasteiger partial charge in [0.25, 0.3) is 0 Å². The maximum Gasteiger partial charge on any atom is 0.335 e. The molecule has 0 amide bonds. The topological polar surface area (TPSA) is 42.2 Å². The average Bonchev–Trinajstić information content (AvgIpc) is 2.60. The second-order valence-corrected chi connectivity index (χ2v) is 4.26. The smallest absolute Gasteiger partial charge is 0.335 e. The number of aryl methyl sites for hydroxylation is 1. The van der Waals surface area contributed by atoms with Crippen LogP contribution in [0.1, 0.15) is 28.5 Å². The van der Waals surface area contributed by atoms with Crippen molar-refractivity contribution in [3.05, 3.63) is 35.0 Å². The number of aromatic carboxylic acids is 1. The van der Waals surface area contributed by atoms with Crippen LogP contribution in [0.5, 0.6) is 0 Å². The van der Waals surface area contributed by atoms with Gasteiger partial charge in [-0.05, 0) is 44.5 Å². The molecule has 0 unspecified atom stereocenters. The fraction of sp³-hybridized carbons (Fsp3) is 0.267. The molecule has 2 rings (SSSR count). The first kappa shape index (κ1) is 12.3. The SMILES string of the molecule is CC#CCn1c(C)c(C)c2cc(C(=O)O)ccc21. The molecule has 18 heavy (non-hydrogen) atoms. The molecule has 1 aromatic carbocycles. The van der Waals surface area contributed by atoms with Gasteiger partial charge in [0.05, 0.1) is 12.1 Å².